The van der Waals surface area contributed by atoms with E-state index in [1.54, 1.807) is 36.4 Å². The maximum absolute atomic E-state index is 9.75. The van der Waals surface area contributed by atoms with Crippen LogP contribution in [0.25, 0.3) is 44.5 Å². The number of hydrogen-bond donors (Lipinski definition) is 0. The normalized spacial score (nSPS) is 10.7. The predicted octanol–water partition coefficient (Wildman–Crippen LogP) is 27.7. The van der Waals surface area contributed by atoms with Crippen LogP contribution in [0.15, 0.2) is 121 Å². The van der Waals surface area contributed by atoms with E-state index in [1.165, 1.54) is 118 Å². The molecular weight excluding hydrogens is 1780 g/mol. The van der Waals surface area contributed by atoms with E-state index in [-0.39, 0.29) is 51.7 Å². The van der Waals surface area contributed by atoms with Gasteiger partial charge in [0.2, 0.25) is 0 Å². The first-order chi connectivity index (χ1) is 52.1. The van der Waals surface area contributed by atoms with Crippen LogP contribution < -0.4 is 30.7 Å². The molecule has 0 unspecified atom stereocenters. The molecule has 0 fully saturated rings. The number of ether oxygens (including phenoxy) is 2. The van der Waals surface area contributed by atoms with Gasteiger partial charge in [0.05, 0.1) is 117 Å². The minimum absolute atomic E-state index is 0. The molecule has 0 radical (unpaired) electrons. The fourth-order valence-corrected chi connectivity index (χ4v) is 26.0. The summed E-state index contributed by atoms with van der Waals surface area (Å²) in [6.45, 7) is 60.9. The van der Waals surface area contributed by atoms with Crippen molar-refractivity contribution in [2.24, 2.45) is 0 Å². The molecule has 6 aromatic rings. The molecule has 6 aromatic carbocycles. The zero-order valence-electron chi connectivity index (χ0n) is 72.7. The maximum Gasteiger partial charge on any atom is 2.00 e. The molecule has 34 heteroatoms. The summed E-state index contributed by atoms with van der Waals surface area (Å²) in [5, 5.41) is 50.0. The summed E-state index contributed by atoms with van der Waals surface area (Å²) in [5.41, 5.74) is 18.4. The van der Waals surface area contributed by atoms with Crippen molar-refractivity contribution in [2.45, 2.75) is 250 Å². The first-order valence-electron chi connectivity index (χ1n) is 36.7. The Morgan fingerprint density at radius 2 is 0.379 bits per heavy atom. The molecule has 0 saturated heterocycles. The molecule has 0 N–H and O–H groups in total. The molecule has 0 aliphatic carbocycles. The van der Waals surface area contributed by atoms with Gasteiger partial charge < -0.3 is 78.5 Å². The van der Waals surface area contributed by atoms with Crippen LogP contribution in [0.5, 0.6) is 11.5 Å². The second-order valence-corrected chi connectivity index (χ2v) is 44.3. The number of hydrogen-bond acceptors (Lipinski definition) is 8. The molecule has 0 bridgehead atoms. The van der Waals surface area contributed by atoms with Crippen molar-refractivity contribution in [3.05, 3.63) is 132 Å². The number of benzene rings is 6. The SMILES string of the molecule is CC#N.CC#N.CC#N.CC#N.CC#N.CC#N.COc1c(-c2ccccc2[PH+](C(C)C)C(C)C)cc(C(C)(C)C)cc1-c1ccccc1[PH+](C(C)C)C(C)C.COc1c(-c2ccccc2[PH+](C(C)C)C(C)C)cc(C(C)(C)C)cc1-c1ccccc1[PH+](C(C)C)C(C)C.F[B-](F)(F)F.F[B-](F)(F)F.F[B-](F)(F)F.F[B-](F)(F)F.[Pd+2].[Pd+2]. The Kier molecular flexibility index (Phi) is 68.3. The first kappa shape index (κ1) is 126. The monoisotopic (exact) mass is 1910 g/mol. The topological polar surface area (TPSA) is 161 Å². The second kappa shape index (κ2) is 63.1. The van der Waals surface area contributed by atoms with Crippen LogP contribution in [-0.2, 0) is 51.7 Å². The maximum atomic E-state index is 9.75. The van der Waals surface area contributed by atoms with Gasteiger partial charge >= 0.3 is 69.9 Å². The number of rotatable bonds is 18. The predicted molar refractivity (Wildman–Crippen MR) is 466 cm³/mol. The average Bonchev–Trinajstić information content (AvgIpc) is 0.762. The Hall–Kier alpha value is -5.96. The van der Waals surface area contributed by atoms with Crippen LogP contribution in [0.3, 0.4) is 0 Å². The third-order valence-electron chi connectivity index (χ3n) is 15.4. The molecule has 8 nitrogen and oxygen atoms in total. The first-order valence-corrected chi connectivity index (χ1v) is 43.3. The summed E-state index contributed by atoms with van der Waals surface area (Å²) in [6.07, 6.45) is 0. The van der Waals surface area contributed by atoms with Crippen LogP contribution in [0, 0.1) is 68.0 Å². The Bertz CT molecular complexity index is 3410. The molecule has 0 aromatic heterocycles. The summed E-state index contributed by atoms with van der Waals surface area (Å²) in [5.74, 6) is 2.03. The number of methoxy groups -OCH3 is 2. The molecule has 0 spiro atoms. The third kappa shape index (κ3) is 55.0. The van der Waals surface area contributed by atoms with Crippen LogP contribution in [0.1, 0.15) is 205 Å². The summed E-state index contributed by atoms with van der Waals surface area (Å²) in [7, 11) is -23.4. The van der Waals surface area contributed by atoms with Gasteiger partial charge in [-0.25, -0.2) is 0 Å². The zero-order chi connectivity index (χ0) is 91.0. The van der Waals surface area contributed by atoms with Crippen molar-refractivity contribution in [2.75, 3.05) is 14.2 Å². The van der Waals surface area contributed by atoms with Gasteiger partial charge in [0, 0.05) is 118 Å². The molecule has 0 heterocycles. The molecule has 652 valence electrons. The number of nitriles is 6. The fraction of sp³-hybridized carbons (Fsp3) is 0.488. The van der Waals surface area contributed by atoms with Gasteiger partial charge in [-0.05, 0) is 181 Å². The Morgan fingerprint density at radius 1 is 0.267 bits per heavy atom. The summed E-state index contributed by atoms with van der Waals surface area (Å²) in [6, 6.07) is 56.8. The zero-order valence-corrected chi connectivity index (χ0v) is 79.8. The van der Waals surface area contributed by atoms with Crippen molar-refractivity contribution in [3.8, 4) is 92.4 Å². The third-order valence-corrected chi connectivity index (χ3v) is 29.6. The molecule has 116 heavy (non-hydrogen) atoms. The van der Waals surface area contributed by atoms with Gasteiger partial charge in [-0.15, -0.1) is 0 Å². The number of nitrogens with zero attached hydrogens (tertiary/aromatic N) is 6. The van der Waals surface area contributed by atoms with Crippen molar-refractivity contribution in [3.63, 3.8) is 0 Å². The quantitative estimate of drug-likeness (QED) is 0.0467. The molecule has 0 atom stereocenters. The van der Waals surface area contributed by atoms with E-state index in [2.05, 4.69) is 274 Å². The van der Waals surface area contributed by atoms with Gasteiger partial charge in [-0.1, -0.05) is 114 Å². The van der Waals surface area contributed by atoms with Gasteiger partial charge in [0.1, 0.15) is 11.5 Å². The minimum atomic E-state index is -6.00. The molecule has 0 amide bonds. The van der Waals surface area contributed by atoms with E-state index in [1.807, 2.05) is 14.2 Å². The van der Waals surface area contributed by atoms with E-state index in [9.17, 15) is 69.1 Å². The molecular formula is C82H122B4F16N6O2P4Pd2+4. The van der Waals surface area contributed by atoms with Crippen molar-refractivity contribution in [1.82, 2.24) is 0 Å². The van der Waals surface area contributed by atoms with Gasteiger partial charge in [-0.2, -0.15) is 31.6 Å². The Morgan fingerprint density at radius 3 is 0.474 bits per heavy atom. The Labute approximate surface area is 717 Å². The minimum Gasteiger partial charge on any atom is -0.495 e. The van der Waals surface area contributed by atoms with Crippen LogP contribution in [0.4, 0.5) is 69.1 Å². The molecule has 0 saturated carbocycles. The van der Waals surface area contributed by atoms with E-state index < -0.39 is 60.7 Å². The average molecular weight is 1910 g/mol. The molecule has 0 aliphatic rings. The standard InChI is InChI=1S/2C35H50OP2.6C2H3N.4BF4.2Pd/c2*1-23(2)37(24(3)4)32-19-15-13-17-28(32)30-21-27(35(9,10)11)22-31(34(30)36-12)29-18-14-16-20-33(29)38(25(5)6)26(7)8;6*1-2-3;4*2-1(3,4)5;;/h2*13-26H,1-12H3;6*1H3;;;;;;/q;;;;;;;;4*-1;2*+2/p+4. The van der Waals surface area contributed by atoms with Crippen LogP contribution in [-0.4, -0.2) is 88.5 Å². The van der Waals surface area contributed by atoms with E-state index in [0.717, 1.165) is 11.5 Å². The van der Waals surface area contributed by atoms with E-state index in [0.29, 0.717) is 45.3 Å². The van der Waals surface area contributed by atoms with Crippen LogP contribution >= 0.6 is 31.7 Å². The second-order valence-electron chi connectivity index (χ2n) is 29.3. The van der Waals surface area contributed by atoms with E-state index >= 15 is 0 Å². The Balaban J connectivity index is -0.000000230. The van der Waals surface area contributed by atoms with Gasteiger partial charge in [-0.3, -0.25) is 0 Å². The molecule has 6 rings (SSSR count). The largest absolute Gasteiger partial charge is 2.00 e. The number of halogens is 16. The smallest absolute Gasteiger partial charge is 0.495 e. The summed E-state index contributed by atoms with van der Waals surface area (Å²) >= 11 is 0. The van der Waals surface area contributed by atoms with E-state index in [4.69, 9.17) is 41.0 Å². The van der Waals surface area contributed by atoms with Crippen molar-refractivity contribution in [1.29, 1.82) is 31.6 Å². The fourth-order valence-electron chi connectivity index (χ4n) is 12.4. The van der Waals surface area contributed by atoms with Crippen molar-refractivity contribution >= 4 is 81.9 Å². The summed E-state index contributed by atoms with van der Waals surface area (Å²) < 4.78 is 169. The van der Waals surface area contributed by atoms with Gasteiger partial charge in [0.15, 0.2) is 0 Å². The van der Waals surface area contributed by atoms with Gasteiger partial charge in [0.25, 0.3) is 0 Å². The van der Waals surface area contributed by atoms with Crippen LogP contribution in [0.2, 0.25) is 0 Å². The van der Waals surface area contributed by atoms with Crippen molar-refractivity contribution < 1.29 is 119 Å². The summed E-state index contributed by atoms with van der Waals surface area (Å²) in [4.78, 5) is 0. The molecule has 0 aliphatic heterocycles.